The zero-order valence-corrected chi connectivity index (χ0v) is 19.7. The number of rotatable bonds is 7. The first-order chi connectivity index (χ1) is 15.1. The van der Waals surface area contributed by atoms with Crippen molar-refractivity contribution in [3.63, 3.8) is 0 Å². The number of sulfone groups is 2. The molecule has 0 spiro atoms. The van der Waals surface area contributed by atoms with Crippen LogP contribution in [0.4, 0.5) is 0 Å². The Hall–Kier alpha value is -2.49. The molecule has 0 unspecified atom stereocenters. The van der Waals surface area contributed by atoms with E-state index in [0.29, 0.717) is 26.2 Å². The predicted octanol–water partition coefficient (Wildman–Crippen LogP) is 2.21. The zero-order chi connectivity index (χ0) is 23.2. The van der Waals surface area contributed by atoms with Crippen molar-refractivity contribution in [3.8, 4) is 0 Å². The highest BCUT2D eigenvalue weighted by molar-refractivity contribution is 7.95. The van der Waals surface area contributed by atoms with Crippen molar-refractivity contribution >= 4 is 31.7 Å². The summed E-state index contributed by atoms with van der Waals surface area (Å²) in [5, 5.41) is 1.10. The van der Waals surface area contributed by atoms with Gasteiger partial charge in [-0.05, 0) is 35.8 Å². The molecule has 1 fully saturated rings. The first-order valence-corrected chi connectivity index (χ1v) is 14.0. The van der Waals surface area contributed by atoms with Gasteiger partial charge in [0.1, 0.15) is 5.75 Å². The minimum absolute atomic E-state index is 0.288. The van der Waals surface area contributed by atoms with Crippen LogP contribution in [0.1, 0.15) is 17.5 Å². The maximum absolute atomic E-state index is 12.6. The Morgan fingerprint density at radius 3 is 2.25 bits per heavy atom. The third kappa shape index (κ3) is 7.29. The summed E-state index contributed by atoms with van der Waals surface area (Å²) in [6.07, 6.45) is 3.43. The molecule has 0 aromatic heterocycles. The topological polar surface area (TPSA) is 91.8 Å². The average Bonchev–Trinajstić information content (AvgIpc) is 2.98. The molecule has 32 heavy (non-hydrogen) atoms. The Morgan fingerprint density at radius 1 is 0.906 bits per heavy atom. The highest BCUT2D eigenvalue weighted by Crippen LogP contribution is 2.14. The Balaban J connectivity index is 1.54. The Bertz CT molecular complexity index is 1160. The molecule has 1 heterocycles. The van der Waals surface area contributed by atoms with E-state index in [0.717, 1.165) is 29.5 Å². The summed E-state index contributed by atoms with van der Waals surface area (Å²) in [4.78, 5) is 16.7. The number of carbonyl (C=O) groups excluding carboxylic acids is 1. The van der Waals surface area contributed by atoms with Crippen molar-refractivity contribution < 1.29 is 21.6 Å². The number of hydrogen-bond donors (Lipinski definition) is 0. The Kier molecular flexibility index (Phi) is 7.86. The molecule has 9 heteroatoms. The number of nitrogens with zero attached hydrogens (tertiary/aromatic N) is 2. The molecule has 7 nitrogen and oxygen atoms in total. The van der Waals surface area contributed by atoms with Gasteiger partial charge < -0.3 is 4.90 Å². The molecule has 2 aromatic rings. The maximum Gasteiger partial charge on any atom is 0.238 e. The fourth-order valence-electron chi connectivity index (χ4n) is 3.54. The molecule has 172 valence electrons. The van der Waals surface area contributed by atoms with E-state index < -0.39 is 25.4 Å². The molecule has 0 saturated carbocycles. The standard InChI is InChI=1S/C23H28N2O5S2/c1-31(27,28)22-10-8-21(9-11-22)18-24-13-5-14-25(16-15-24)23(26)19-32(29,30)17-12-20-6-3-2-4-7-20/h2-4,6-12,17H,5,13-16,18-19H2,1H3/b17-12+. The van der Waals surface area contributed by atoms with Crippen molar-refractivity contribution in [3.05, 3.63) is 71.1 Å². The van der Waals surface area contributed by atoms with E-state index in [1.165, 1.54) is 12.3 Å². The highest BCUT2D eigenvalue weighted by atomic mass is 32.2. The quantitative estimate of drug-likeness (QED) is 0.609. The lowest BCUT2D eigenvalue weighted by atomic mass is 10.2. The fraction of sp³-hybridized carbons (Fsp3) is 0.348. The second-order valence-electron chi connectivity index (χ2n) is 7.95. The summed E-state index contributed by atoms with van der Waals surface area (Å²) in [5.41, 5.74) is 1.75. The molecular formula is C23H28N2O5S2. The van der Waals surface area contributed by atoms with E-state index in [4.69, 9.17) is 0 Å². The van der Waals surface area contributed by atoms with Crippen molar-refractivity contribution in [2.75, 3.05) is 38.2 Å². The van der Waals surface area contributed by atoms with Gasteiger partial charge >= 0.3 is 0 Å². The first kappa shape index (κ1) is 24.2. The van der Waals surface area contributed by atoms with Gasteiger partial charge in [0.15, 0.2) is 19.7 Å². The molecule has 0 aliphatic carbocycles. The van der Waals surface area contributed by atoms with Gasteiger partial charge in [0.25, 0.3) is 0 Å². The van der Waals surface area contributed by atoms with Crippen molar-refractivity contribution in [1.82, 2.24) is 9.80 Å². The lowest BCUT2D eigenvalue weighted by Gasteiger charge is -2.22. The maximum atomic E-state index is 12.6. The number of benzene rings is 2. The van der Waals surface area contributed by atoms with Gasteiger partial charge in [0.2, 0.25) is 5.91 Å². The van der Waals surface area contributed by atoms with E-state index in [1.807, 2.05) is 18.2 Å². The van der Waals surface area contributed by atoms with Crippen molar-refractivity contribution in [2.24, 2.45) is 0 Å². The van der Waals surface area contributed by atoms with Gasteiger partial charge in [0.05, 0.1) is 4.90 Å². The van der Waals surface area contributed by atoms with Crippen LogP contribution in [0.3, 0.4) is 0 Å². The molecule has 3 rings (SSSR count). The Labute approximate surface area is 190 Å². The van der Waals surface area contributed by atoms with Crippen LogP contribution in [0, 0.1) is 0 Å². The second-order valence-corrected chi connectivity index (χ2v) is 11.8. The third-order valence-corrected chi connectivity index (χ3v) is 7.62. The summed E-state index contributed by atoms with van der Waals surface area (Å²) in [6, 6.07) is 15.9. The van der Waals surface area contributed by atoms with Crippen LogP contribution in [-0.2, 0) is 31.0 Å². The van der Waals surface area contributed by atoms with Gasteiger partial charge in [-0.2, -0.15) is 0 Å². The molecule has 0 bridgehead atoms. The second kappa shape index (κ2) is 10.4. The van der Waals surface area contributed by atoms with Gasteiger partial charge in [-0.3, -0.25) is 9.69 Å². The lowest BCUT2D eigenvalue weighted by Crippen LogP contribution is -2.38. The van der Waals surface area contributed by atoms with Crippen LogP contribution in [0.25, 0.3) is 6.08 Å². The summed E-state index contributed by atoms with van der Waals surface area (Å²) in [7, 11) is -6.88. The van der Waals surface area contributed by atoms with Gasteiger partial charge in [0, 0.05) is 44.4 Å². The highest BCUT2D eigenvalue weighted by Gasteiger charge is 2.23. The summed E-state index contributed by atoms with van der Waals surface area (Å²) >= 11 is 0. The molecule has 0 radical (unpaired) electrons. The largest absolute Gasteiger partial charge is 0.340 e. The van der Waals surface area contributed by atoms with Gasteiger partial charge in [-0.1, -0.05) is 42.5 Å². The summed E-state index contributed by atoms with van der Waals surface area (Å²) in [5.74, 6) is -0.925. The van der Waals surface area contributed by atoms with E-state index in [9.17, 15) is 21.6 Å². The first-order valence-electron chi connectivity index (χ1n) is 10.4. The molecule has 0 atom stereocenters. The lowest BCUT2D eigenvalue weighted by molar-refractivity contribution is -0.128. The smallest absolute Gasteiger partial charge is 0.238 e. The fourth-order valence-corrected chi connectivity index (χ4v) is 5.15. The molecule has 1 aliphatic heterocycles. The van der Waals surface area contributed by atoms with Crippen LogP contribution in [-0.4, -0.2) is 70.7 Å². The summed E-state index contributed by atoms with van der Waals surface area (Å²) < 4.78 is 47.9. The van der Waals surface area contributed by atoms with E-state index >= 15 is 0 Å². The number of amides is 1. The monoisotopic (exact) mass is 476 g/mol. The van der Waals surface area contributed by atoms with Crippen LogP contribution in [0.15, 0.2) is 64.9 Å². The number of carbonyl (C=O) groups is 1. The molecule has 1 amide bonds. The van der Waals surface area contributed by atoms with Gasteiger partial charge in [-0.15, -0.1) is 0 Å². The van der Waals surface area contributed by atoms with Crippen LogP contribution in [0.5, 0.6) is 0 Å². The zero-order valence-electron chi connectivity index (χ0n) is 18.1. The van der Waals surface area contributed by atoms with E-state index in [-0.39, 0.29) is 10.8 Å². The van der Waals surface area contributed by atoms with Crippen LogP contribution in [0.2, 0.25) is 0 Å². The minimum atomic E-state index is -3.65. The van der Waals surface area contributed by atoms with Crippen LogP contribution >= 0.6 is 0 Å². The SMILES string of the molecule is CS(=O)(=O)c1ccc(CN2CCCN(C(=O)CS(=O)(=O)/C=C/c3ccccc3)CC2)cc1. The number of hydrogen-bond acceptors (Lipinski definition) is 6. The Morgan fingerprint density at radius 2 is 1.59 bits per heavy atom. The van der Waals surface area contributed by atoms with Crippen molar-refractivity contribution in [1.29, 1.82) is 0 Å². The normalized spacial score (nSPS) is 16.2. The van der Waals surface area contributed by atoms with Gasteiger partial charge in [-0.25, -0.2) is 16.8 Å². The van der Waals surface area contributed by atoms with E-state index in [1.54, 1.807) is 41.3 Å². The van der Waals surface area contributed by atoms with Crippen molar-refractivity contribution in [2.45, 2.75) is 17.9 Å². The van der Waals surface area contributed by atoms with E-state index in [2.05, 4.69) is 4.90 Å². The predicted molar refractivity (Wildman–Crippen MR) is 125 cm³/mol. The molecule has 2 aromatic carbocycles. The van der Waals surface area contributed by atoms with Crippen LogP contribution < -0.4 is 0 Å². The third-order valence-electron chi connectivity index (χ3n) is 5.29. The minimum Gasteiger partial charge on any atom is -0.340 e. The molecule has 1 saturated heterocycles. The molecular weight excluding hydrogens is 448 g/mol. The molecule has 1 aliphatic rings. The summed E-state index contributed by atoms with van der Waals surface area (Å²) in [6.45, 7) is 3.01. The average molecular weight is 477 g/mol. The molecule has 0 N–H and O–H groups in total.